The maximum absolute atomic E-state index is 13.5. The van der Waals surface area contributed by atoms with Crippen molar-refractivity contribution in [1.29, 1.82) is 5.41 Å². The minimum atomic E-state index is -0.930. The maximum Gasteiger partial charge on any atom is 0.305 e. The lowest BCUT2D eigenvalue weighted by atomic mass is 9.97. The number of rotatable bonds is 10. The fourth-order valence-electron chi connectivity index (χ4n) is 5.72. The van der Waals surface area contributed by atoms with Crippen LogP contribution in [0.15, 0.2) is 0 Å². The summed E-state index contributed by atoms with van der Waals surface area (Å²) < 4.78 is 6.12. The molecule has 3 fully saturated rings. The molecule has 3 aliphatic rings. The molecule has 0 bridgehead atoms. The predicted octanol–water partition coefficient (Wildman–Crippen LogP) is 2.54. The molecule has 9 nitrogen and oxygen atoms in total. The van der Waals surface area contributed by atoms with E-state index in [0.717, 1.165) is 71.0 Å². The van der Waals surface area contributed by atoms with E-state index in [4.69, 9.17) is 15.9 Å². The predicted molar refractivity (Wildman–Crippen MR) is 132 cm³/mol. The number of ether oxygens (including phenoxy) is 1. The second-order valence-electron chi connectivity index (χ2n) is 10.3. The number of guanidine groups is 1. The first-order valence-electron chi connectivity index (χ1n) is 13.4. The normalized spacial score (nSPS) is 23.9. The summed E-state index contributed by atoms with van der Waals surface area (Å²) in [7, 11) is 0. The molecule has 1 aliphatic carbocycles. The summed E-state index contributed by atoms with van der Waals surface area (Å²) in [6.07, 6.45) is 12.8. The minimum Gasteiger partial charge on any atom is -0.481 e. The van der Waals surface area contributed by atoms with Crippen molar-refractivity contribution in [2.24, 2.45) is 11.7 Å². The Morgan fingerprint density at radius 3 is 2.32 bits per heavy atom. The summed E-state index contributed by atoms with van der Waals surface area (Å²) in [5.74, 6) is -0.332. The summed E-state index contributed by atoms with van der Waals surface area (Å²) >= 11 is 0. The van der Waals surface area contributed by atoms with E-state index in [1.54, 1.807) is 0 Å². The first-order chi connectivity index (χ1) is 16.4. The van der Waals surface area contributed by atoms with Crippen LogP contribution in [0.25, 0.3) is 0 Å². The van der Waals surface area contributed by atoms with Gasteiger partial charge in [-0.3, -0.25) is 15.0 Å². The molecule has 0 spiro atoms. The number of nitrogens with zero attached hydrogens (tertiary/aromatic N) is 2. The molecule has 2 atom stereocenters. The smallest absolute Gasteiger partial charge is 0.305 e. The summed E-state index contributed by atoms with van der Waals surface area (Å²) in [5.41, 5.74) is 5.57. The highest BCUT2D eigenvalue weighted by molar-refractivity contribution is 5.86. The number of aliphatic carboxylic acids is 1. The largest absolute Gasteiger partial charge is 0.481 e. The third-order valence-electron chi connectivity index (χ3n) is 7.80. The Hall–Kier alpha value is -1.87. The Balaban J connectivity index is 1.49. The van der Waals surface area contributed by atoms with Crippen LogP contribution in [0.4, 0.5) is 0 Å². The number of amides is 1. The van der Waals surface area contributed by atoms with Crippen molar-refractivity contribution < 1.29 is 19.4 Å². The van der Waals surface area contributed by atoms with Crippen LogP contribution >= 0.6 is 0 Å². The van der Waals surface area contributed by atoms with Crippen molar-refractivity contribution in [1.82, 2.24) is 15.1 Å². The molecule has 34 heavy (non-hydrogen) atoms. The number of hydrogen-bond donors (Lipinski definition) is 4. The highest BCUT2D eigenvalue weighted by Gasteiger charge is 2.33. The van der Waals surface area contributed by atoms with E-state index in [1.807, 2.05) is 9.80 Å². The quantitative estimate of drug-likeness (QED) is 0.215. The van der Waals surface area contributed by atoms with Crippen molar-refractivity contribution in [3.8, 4) is 0 Å². The average Bonchev–Trinajstić information content (AvgIpc) is 3.11. The Kier molecular flexibility index (Phi) is 10.9. The molecular weight excluding hydrogens is 434 g/mol. The van der Waals surface area contributed by atoms with Gasteiger partial charge in [-0.25, -0.2) is 0 Å². The Bertz CT molecular complexity index is 660. The third-order valence-corrected chi connectivity index (χ3v) is 7.80. The fraction of sp³-hybridized carbons (Fsp3) is 0.880. The molecule has 0 radical (unpaired) electrons. The maximum atomic E-state index is 13.5. The molecule has 0 aromatic rings. The Morgan fingerprint density at radius 1 is 1.00 bits per heavy atom. The van der Waals surface area contributed by atoms with Gasteiger partial charge in [0.15, 0.2) is 5.96 Å². The van der Waals surface area contributed by atoms with Crippen LogP contribution in [0.3, 0.4) is 0 Å². The van der Waals surface area contributed by atoms with Crippen molar-refractivity contribution >= 4 is 17.8 Å². The Labute approximate surface area is 204 Å². The lowest BCUT2D eigenvalue weighted by Crippen LogP contribution is -2.53. The highest BCUT2D eigenvalue weighted by Crippen LogP contribution is 2.24. The first-order valence-corrected chi connectivity index (χ1v) is 13.4. The van der Waals surface area contributed by atoms with E-state index >= 15 is 0 Å². The van der Waals surface area contributed by atoms with Gasteiger partial charge in [0.2, 0.25) is 5.91 Å². The van der Waals surface area contributed by atoms with Crippen LogP contribution in [0.1, 0.15) is 83.5 Å². The zero-order chi connectivity index (χ0) is 24.3. The third kappa shape index (κ3) is 8.41. The van der Waals surface area contributed by atoms with E-state index in [9.17, 15) is 14.7 Å². The second kappa shape index (κ2) is 13.9. The van der Waals surface area contributed by atoms with E-state index < -0.39 is 12.0 Å². The van der Waals surface area contributed by atoms with Crippen LogP contribution in [0.2, 0.25) is 0 Å². The standard InChI is InChI=1S/C25H45N5O4/c26-25(27)29-14-10-21(11-15-29)34-16-12-20-9-5-6-13-30(20)24(33)22(17-23(31)32)28-18-19-7-3-1-2-4-8-19/h19-22,28H,1-18H2,(H3,26,27)(H,31,32). The van der Waals surface area contributed by atoms with Crippen LogP contribution in [-0.4, -0.2) is 83.7 Å². The number of carbonyl (C=O) groups is 2. The summed E-state index contributed by atoms with van der Waals surface area (Å²) in [6.45, 7) is 3.51. The Morgan fingerprint density at radius 2 is 1.68 bits per heavy atom. The van der Waals surface area contributed by atoms with Gasteiger partial charge in [-0.2, -0.15) is 0 Å². The molecule has 1 amide bonds. The fourth-order valence-corrected chi connectivity index (χ4v) is 5.72. The van der Waals surface area contributed by atoms with Gasteiger partial charge in [0.1, 0.15) is 0 Å². The lowest BCUT2D eigenvalue weighted by Gasteiger charge is -2.38. The summed E-state index contributed by atoms with van der Waals surface area (Å²) in [4.78, 5) is 28.8. The molecule has 2 saturated heterocycles. The molecule has 0 aromatic heterocycles. The van der Waals surface area contributed by atoms with Crippen molar-refractivity contribution in [3.05, 3.63) is 0 Å². The van der Waals surface area contributed by atoms with Gasteiger partial charge in [0, 0.05) is 32.3 Å². The minimum absolute atomic E-state index is 0.0597. The van der Waals surface area contributed by atoms with E-state index in [-0.39, 0.29) is 30.4 Å². The van der Waals surface area contributed by atoms with Gasteiger partial charge in [-0.15, -0.1) is 0 Å². The SMILES string of the molecule is N=C(N)N1CCC(OCCC2CCCCN2C(=O)C(CC(=O)O)NCC2CCCCCC2)CC1. The molecular formula is C25H45N5O4. The van der Waals surface area contributed by atoms with Crippen molar-refractivity contribution in [3.63, 3.8) is 0 Å². The van der Waals surface area contributed by atoms with Gasteiger partial charge in [0.05, 0.1) is 18.6 Å². The number of piperidine rings is 2. The number of hydrogen-bond acceptors (Lipinski definition) is 5. The summed E-state index contributed by atoms with van der Waals surface area (Å²) in [6, 6.07) is -0.548. The second-order valence-corrected chi connectivity index (χ2v) is 10.3. The van der Waals surface area contributed by atoms with Crippen LogP contribution in [0.5, 0.6) is 0 Å². The molecule has 1 saturated carbocycles. The van der Waals surface area contributed by atoms with Gasteiger partial charge < -0.3 is 30.7 Å². The first kappa shape index (κ1) is 26.7. The monoisotopic (exact) mass is 479 g/mol. The topological polar surface area (TPSA) is 132 Å². The summed E-state index contributed by atoms with van der Waals surface area (Å²) in [5, 5.41) is 20.4. The number of nitrogens with two attached hydrogens (primary N) is 1. The van der Waals surface area contributed by atoms with E-state index in [0.29, 0.717) is 19.1 Å². The molecule has 3 rings (SSSR count). The molecule has 2 aliphatic heterocycles. The number of carbonyl (C=O) groups excluding carboxylic acids is 1. The van der Waals surface area contributed by atoms with Crippen LogP contribution in [0, 0.1) is 11.3 Å². The van der Waals surface area contributed by atoms with E-state index in [1.165, 1.54) is 25.7 Å². The molecule has 9 heteroatoms. The number of carboxylic acid groups (broad SMARTS) is 1. The van der Waals surface area contributed by atoms with Crippen LogP contribution < -0.4 is 11.1 Å². The molecule has 2 heterocycles. The zero-order valence-corrected chi connectivity index (χ0v) is 20.7. The van der Waals surface area contributed by atoms with E-state index in [2.05, 4.69) is 5.32 Å². The molecule has 5 N–H and O–H groups in total. The van der Waals surface area contributed by atoms with Crippen molar-refractivity contribution in [2.45, 2.75) is 102 Å². The van der Waals surface area contributed by atoms with Gasteiger partial charge in [0.25, 0.3) is 0 Å². The molecule has 0 aromatic carbocycles. The average molecular weight is 480 g/mol. The van der Waals surface area contributed by atoms with Crippen molar-refractivity contribution in [2.75, 3.05) is 32.8 Å². The van der Waals surface area contributed by atoms with Crippen LogP contribution in [-0.2, 0) is 14.3 Å². The molecule has 194 valence electrons. The number of nitrogens with one attached hydrogen (secondary N) is 2. The molecule has 2 unspecified atom stereocenters. The van der Waals surface area contributed by atoms with Gasteiger partial charge in [-0.1, -0.05) is 25.7 Å². The highest BCUT2D eigenvalue weighted by atomic mass is 16.5. The van der Waals surface area contributed by atoms with Gasteiger partial charge in [-0.05, 0) is 63.8 Å². The lowest BCUT2D eigenvalue weighted by molar-refractivity contribution is -0.144. The number of likely N-dealkylation sites (tertiary alicyclic amines) is 2. The number of carboxylic acids is 1. The zero-order valence-electron chi connectivity index (χ0n) is 20.7. The van der Waals surface area contributed by atoms with Gasteiger partial charge >= 0.3 is 5.97 Å².